The number of carbonyl (C=O) groups is 2. The average Bonchev–Trinajstić information content (AvgIpc) is 3.45. The van der Waals surface area contributed by atoms with Gasteiger partial charge in [-0.2, -0.15) is 0 Å². The van der Waals surface area contributed by atoms with Gasteiger partial charge in [-0.3, -0.25) is 9.59 Å². The van der Waals surface area contributed by atoms with Gasteiger partial charge in [0.2, 0.25) is 11.8 Å². The Morgan fingerprint density at radius 3 is 2.53 bits per heavy atom. The quantitative estimate of drug-likeness (QED) is 0.556. The Balaban J connectivity index is 1.51. The largest absolute Gasteiger partial charge is 0.341 e. The Labute approximate surface area is 185 Å². The number of aromatic nitrogens is 1. The summed E-state index contributed by atoms with van der Waals surface area (Å²) in [5.74, 6) is -0.0894. The lowest BCUT2D eigenvalue weighted by molar-refractivity contribution is -0.132. The standard InChI is InChI=1S/C23H25N3O2S2/c1-17-7-9-19(10-8-17)26(15-22(28)25-11-3-2-4-12-25)21(27)14-18-16-30-23(24-18)20-6-5-13-29-20/h5-10,13,16H,2-4,11-12,14-15H2,1H3. The van der Waals surface area contributed by atoms with Crippen LogP contribution in [0.1, 0.15) is 30.5 Å². The number of thiazole rings is 1. The highest BCUT2D eigenvalue weighted by Crippen LogP contribution is 2.28. The topological polar surface area (TPSA) is 53.5 Å². The molecule has 1 aliphatic heterocycles. The van der Waals surface area contributed by atoms with Gasteiger partial charge in [0.1, 0.15) is 11.6 Å². The zero-order chi connectivity index (χ0) is 20.9. The normalized spacial score (nSPS) is 14.0. The molecule has 0 spiro atoms. The minimum absolute atomic E-state index is 0.0150. The van der Waals surface area contributed by atoms with Crippen LogP contribution in [0.2, 0.25) is 0 Å². The van der Waals surface area contributed by atoms with Gasteiger partial charge < -0.3 is 9.80 Å². The van der Waals surface area contributed by atoms with Crippen LogP contribution < -0.4 is 4.90 Å². The minimum atomic E-state index is -0.104. The van der Waals surface area contributed by atoms with Crippen LogP contribution >= 0.6 is 22.7 Å². The molecule has 4 rings (SSSR count). The molecule has 1 aliphatic rings. The van der Waals surface area contributed by atoms with Crippen LogP contribution in [0.15, 0.2) is 47.2 Å². The van der Waals surface area contributed by atoms with Gasteiger partial charge in [0.25, 0.3) is 0 Å². The van der Waals surface area contributed by atoms with E-state index in [0.29, 0.717) is 0 Å². The molecule has 2 aromatic heterocycles. The molecule has 156 valence electrons. The third kappa shape index (κ3) is 4.96. The number of benzene rings is 1. The Kier molecular flexibility index (Phi) is 6.59. The minimum Gasteiger partial charge on any atom is -0.341 e. The molecule has 0 saturated carbocycles. The predicted octanol–water partition coefficient (Wildman–Crippen LogP) is 4.77. The number of amides is 2. The summed E-state index contributed by atoms with van der Waals surface area (Å²) in [7, 11) is 0. The second kappa shape index (κ2) is 9.53. The molecule has 5 nitrogen and oxygen atoms in total. The lowest BCUT2D eigenvalue weighted by atomic mass is 10.1. The zero-order valence-electron chi connectivity index (χ0n) is 17.0. The van der Waals surface area contributed by atoms with E-state index in [1.165, 1.54) is 6.42 Å². The summed E-state index contributed by atoms with van der Waals surface area (Å²) < 4.78 is 0. The molecule has 0 atom stereocenters. The molecule has 1 fully saturated rings. The van der Waals surface area contributed by atoms with E-state index in [9.17, 15) is 9.59 Å². The second-order valence-corrected chi connectivity index (χ2v) is 9.36. The van der Waals surface area contributed by atoms with Crippen LogP contribution in [0.25, 0.3) is 9.88 Å². The summed E-state index contributed by atoms with van der Waals surface area (Å²) in [5.41, 5.74) is 2.62. The van der Waals surface area contributed by atoms with Gasteiger partial charge in [0, 0.05) is 24.2 Å². The lowest BCUT2D eigenvalue weighted by Crippen LogP contribution is -2.45. The van der Waals surface area contributed by atoms with Crippen LogP contribution in [0.3, 0.4) is 0 Å². The molecular weight excluding hydrogens is 414 g/mol. The predicted molar refractivity (Wildman–Crippen MR) is 123 cm³/mol. The number of carbonyl (C=O) groups excluding carboxylic acids is 2. The second-order valence-electron chi connectivity index (χ2n) is 7.55. The molecule has 1 saturated heterocycles. The summed E-state index contributed by atoms with van der Waals surface area (Å²) in [6.45, 7) is 3.65. The fourth-order valence-electron chi connectivity index (χ4n) is 3.58. The van der Waals surface area contributed by atoms with Gasteiger partial charge >= 0.3 is 0 Å². The van der Waals surface area contributed by atoms with Crippen LogP contribution in [0.4, 0.5) is 5.69 Å². The molecule has 0 N–H and O–H groups in total. The maximum Gasteiger partial charge on any atom is 0.242 e. The van der Waals surface area contributed by atoms with Gasteiger partial charge in [-0.05, 0) is 49.8 Å². The van der Waals surface area contributed by atoms with Crippen LogP contribution in [-0.2, 0) is 16.0 Å². The molecule has 7 heteroatoms. The number of hydrogen-bond donors (Lipinski definition) is 0. The van der Waals surface area contributed by atoms with Gasteiger partial charge in [-0.25, -0.2) is 4.98 Å². The molecule has 2 amide bonds. The third-order valence-corrected chi connectivity index (χ3v) is 7.20. The molecule has 0 unspecified atom stereocenters. The van der Waals surface area contributed by atoms with Crippen LogP contribution in [0, 0.1) is 6.92 Å². The number of thiophene rings is 1. The Bertz CT molecular complexity index is 990. The molecular formula is C23H25N3O2S2. The number of likely N-dealkylation sites (tertiary alicyclic amines) is 1. The van der Waals surface area contributed by atoms with Crippen molar-refractivity contribution in [2.45, 2.75) is 32.6 Å². The van der Waals surface area contributed by atoms with E-state index in [0.717, 1.165) is 52.8 Å². The molecule has 0 aliphatic carbocycles. The molecule has 3 aromatic rings. The first-order valence-electron chi connectivity index (χ1n) is 10.2. The van der Waals surface area contributed by atoms with Crippen molar-refractivity contribution in [1.82, 2.24) is 9.88 Å². The van der Waals surface area contributed by atoms with Crippen molar-refractivity contribution >= 4 is 40.2 Å². The van der Waals surface area contributed by atoms with E-state index in [1.54, 1.807) is 27.6 Å². The number of nitrogens with zero attached hydrogens (tertiary/aromatic N) is 3. The van der Waals surface area contributed by atoms with E-state index in [4.69, 9.17) is 0 Å². The van der Waals surface area contributed by atoms with Crippen molar-refractivity contribution in [3.05, 3.63) is 58.4 Å². The molecule has 0 bridgehead atoms. The summed E-state index contributed by atoms with van der Waals surface area (Å²) in [4.78, 5) is 35.4. The summed E-state index contributed by atoms with van der Waals surface area (Å²) in [6.07, 6.45) is 3.42. The number of rotatable bonds is 6. The highest BCUT2D eigenvalue weighted by atomic mass is 32.1. The Morgan fingerprint density at radius 2 is 1.83 bits per heavy atom. The van der Waals surface area contributed by atoms with Gasteiger partial charge in [-0.1, -0.05) is 23.8 Å². The summed E-state index contributed by atoms with van der Waals surface area (Å²) in [5, 5.41) is 4.89. The van der Waals surface area contributed by atoms with Crippen LogP contribution in [-0.4, -0.2) is 41.3 Å². The van der Waals surface area contributed by atoms with Crippen molar-refractivity contribution in [2.24, 2.45) is 0 Å². The maximum absolute atomic E-state index is 13.2. The fraction of sp³-hybridized carbons (Fsp3) is 0.348. The van der Waals surface area contributed by atoms with Gasteiger partial charge in [-0.15, -0.1) is 22.7 Å². The summed E-state index contributed by atoms with van der Waals surface area (Å²) in [6, 6.07) is 11.8. The SMILES string of the molecule is Cc1ccc(N(CC(=O)N2CCCCC2)C(=O)Cc2csc(-c3cccs3)n2)cc1. The highest BCUT2D eigenvalue weighted by Gasteiger charge is 2.24. The molecule has 1 aromatic carbocycles. The lowest BCUT2D eigenvalue weighted by Gasteiger charge is -2.30. The maximum atomic E-state index is 13.2. The van der Waals surface area contributed by atoms with Crippen molar-refractivity contribution in [1.29, 1.82) is 0 Å². The van der Waals surface area contributed by atoms with Crippen molar-refractivity contribution in [2.75, 3.05) is 24.5 Å². The van der Waals surface area contributed by atoms with Crippen molar-refractivity contribution < 1.29 is 9.59 Å². The van der Waals surface area contributed by atoms with E-state index in [1.807, 2.05) is 59.0 Å². The number of hydrogen-bond acceptors (Lipinski definition) is 5. The summed E-state index contributed by atoms with van der Waals surface area (Å²) >= 11 is 3.19. The number of anilines is 1. The first-order valence-corrected chi connectivity index (χ1v) is 12.0. The average molecular weight is 440 g/mol. The smallest absolute Gasteiger partial charge is 0.242 e. The van der Waals surface area contributed by atoms with E-state index >= 15 is 0 Å². The number of piperidine rings is 1. The van der Waals surface area contributed by atoms with Crippen LogP contribution in [0.5, 0.6) is 0 Å². The van der Waals surface area contributed by atoms with Gasteiger partial charge in [0.05, 0.1) is 17.0 Å². The van der Waals surface area contributed by atoms with Gasteiger partial charge in [0.15, 0.2) is 0 Å². The van der Waals surface area contributed by atoms with E-state index in [-0.39, 0.29) is 24.8 Å². The number of aryl methyl sites for hydroxylation is 1. The monoisotopic (exact) mass is 439 g/mol. The zero-order valence-corrected chi connectivity index (χ0v) is 18.7. The van der Waals surface area contributed by atoms with Crippen molar-refractivity contribution in [3.8, 4) is 9.88 Å². The Hall–Kier alpha value is -2.51. The third-order valence-electron chi connectivity index (χ3n) is 5.26. The van der Waals surface area contributed by atoms with E-state index < -0.39 is 0 Å². The first-order chi connectivity index (χ1) is 14.6. The first kappa shape index (κ1) is 20.8. The fourth-order valence-corrected chi connectivity index (χ4v) is 5.21. The molecule has 30 heavy (non-hydrogen) atoms. The van der Waals surface area contributed by atoms with E-state index in [2.05, 4.69) is 4.98 Å². The highest BCUT2D eigenvalue weighted by molar-refractivity contribution is 7.20. The molecule has 0 radical (unpaired) electrons. The Morgan fingerprint density at radius 1 is 1.07 bits per heavy atom. The van der Waals surface area contributed by atoms with Crippen molar-refractivity contribution in [3.63, 3.8) is 0 Å². The molecule has 3 heterocycles.